The summed E-state index contributed by atoms with van der Waals surface area (Å²) in [5.74, 6) is 1.08. The molecule has 4 rings (SSSR count). The van der Waals surface area contributed by atoms with E-state index in [1.54, 1.807) is 12.1 Å². The van der Waals surface area contributed by atoms with E-state index in [0.29, 0.717) is 36.4 Å². The number of amides is 2. The number of piperidine rings is 1. The third kappa shape index (κ3) is 4.69. The first-order valence-electron chi connectivity index (χ1n) is 11.6. The van der Waals surface area contributed by atoms with Gasteiger partial charge >= 0.3 is 0 Å². The fourth-order valence-corrected chi connectivity index (χ4v) is 5.32. The molecule has 0 radical (unpaired) electrons. The van der Waals surface area contributed by atoms with Crippen LogP contribution in [0.4, 0.5) is 4.39 Å². The summed E-state index contributed by atoms with van der Waals surface area (Å²) >= 11 is 0. The number of hydrogen-bond acceptors (Lipinski definition) is 3. The summed E-state index contributed by atoms with van der Waals surface area (Å²) in [6.45, 7) is 6.72. The Morgan fingerprint density at radius 2 is 1.47 bits per heavy atom. The summed E-state index contributed by atoms with van der Waals surface area (Å²) in [4.78, 5) is 32.6. The molecule has 3 aliphatic rings. The Kier molecular flexibility index (Phi) is 6.71. The fourth-order valence-electron chi connectivity index (χ4n) is 5.32. The van der Waals surface area contributed by atoms with E-state index in [9.17, 15) is 14.0 Å². The first kappa shape index (κ1) is 21.3. The van der Waals surface area contributed by atoms with Crippen molar-refractivity contribution in [1.82, 2.24) is 14.7 Å². The molecule has 1 aromatic carbocycles. The normalized spacial score (nSPS) is 23.0. The maximum absolute atomic E-state index is 13.5. The van der Waals surface area contributed by atoms with Crippen molar-refractivity contribution in [2.24, 2.45) is 11.8 Å². The van der Waals surface area contributed by atoms with Gasteiger partial charge in [0.15, 0.2) is 0 Å². The van der Waals surface area contributed by atoms with E-state index in [1.807, 2.05) is 4.90 Å². The van der Waals surface area contributed by atoms with Gasteiger partial charge in [-0.15, -0.1) is 0 Å². The van der Waals surface area contributed by atoms with Crippen LogP contribution in [0, 0.1) is 17.7 Å². The molecule has 0 unspecified atom stereocenters. The van der Waals surface area contributed by atoms with E-state index in [0.717, 1.165) is 51.9 Å². The number of rotatable bonds is 4. The SMILES string of the molecule is CC1CCN(C(=O)[C@H](C2CCCC2)N2CCN(C(=O)c3ccc(F)cc3)CC2)CC1. The van der Waals surface area contributed by atoms with Gasteiger partial charge in [0.2, 0.25) is 5.91 Å². The molecule has 30 heavy (non-hydrogen) atoms. The van der Waals surface area contributed by atoms with Crippen LogP contribution in [-0.2, 0) is 4.79 Å². The number of likely N-dealkylation sites (tertiary alicyclic amines) is 1. The van der Waals surface area contributed by atoms with Crippen LogP contribution in [0.1, 0.15) is 55.8 Å². The molecule has 2 aliphatic heterocycles. The van der Waals surface area contributed by atoms with Crippen molar-refractivity contribution in [3.63, 3.8) is 0 Å². The second kappa shape index (κ2) is 9.46. The largest absolute Gasteiger partial charge is 0.341 e. The average molecular weight is 416 g/mol. The van der Waals surface area contributed by atoms with E-state index in [2.05, 4.69) is 16.7 Å². The zero-order chi connectivity index (χ0) is 21.1. The summed E-state index contributed by atoms with van der Waals surface area (Å²) in [5, 5.41) is 0. The quantitative estimate of drug-likeness (QED) is 0.757. The van der Waals surface area contributed by atoms with Crippen LogP contribution in [-0.4, -0.2) is 71.8 Å². The smallest absolute Gasteiger partial charge is 0.253 e. The number of carbonyl (C=O) groups excluding carboxylic acids is 2. The van der Waals surface area contributed by atoms with Crippen molar-refractivity contribution < 1.29 is 14.0 Å². The molecule has 0 bridgehead atoms. The van der Waals surface area contributed by atoms with E-state index < -0.39 is 0 Å². The van der Waals surface area contributed by atoms with Crippen LogP contribution in [0.5, 0.6) is 0 Å². The predicted octanol–water partition coefficient (Wildman–Crippen LogP) is 3.40. The molecule has 1 saturated carbocycles. The first-order chi connectivity index (χ1) is 14.5. The Morgan fingerprint density at radius 1 is 0.867 bits per heavy atom. The van der Waals surface area contributed by atoms with Gasteiger partial charge in [-0.2, -0.15) is 0 Å². The van der Waals surface area contributed by atoms with Crippen LogP contribution in [0.3, 0.4) is 0 Å². The summed E-state index contributed by atoms with van der Waals surface area (Å²) in [6.07, 6.45) is 6.90. The monoisotopic (exact) mass is 415 g/mol. The van der Waals surface area contributed by atoms with Crippen molar-refractivity contribution in [2.45, 2.75) is 51.5 Å². The molecule has 1 atom stereocenters. The molecule has 1 aromatic rings. The Morgan fingerprint density at radius 3 is 2.07 bits per heavy atom. The number of hydrogen-bond donors (Lipinski definition) is 0. The third-order valence-electron chi connectivity index (χ3n) is 7.28. The van der Waals surface area contributed by atoms with Gasteiger partial charge < -0.3 is 9.80 Å². The van der Waals surface area contributed by atoms with Crippen molar-refractivity contribution in [1.29, 1.82) is 0 Å². The highest BCUT2D eigenvalue weighted by atomic mass is 19.1. The van der Waals surface area contributed by atoms with E-state index >= 15 is 0 Å². The number of nitrogens with zero attached hydrogens (tertiary/aromatic N) is 3. The van der Waals surface area contributed by atoms with Crippen LogP contribution in [0.25, 0.3) is 0 Å². The van der Waals surface area contributed by atoms with Crippen molar-refractivity contribution >= 4 is 11.8 Å². The van der Waals surface area contributed by atoms with Gasteiger partial charge in [-0.05, 0) is 61.8 Å². The molecule has 1 aliphatic carbocycles. The number of halogens is 1. The molecule has 0 spiro atoms. The first-order valence-corrected chi connectivity index (χ1v) is 11.6. The highest BCUT2D eigenvalue weighted by Gasteiger charge is 2.39. The number of carbonyl (C=O) groups is 2. The Labute approximate surface area is 179 Å². The molecule has 5 nitrogen and oxygen atoms in total. The number of benzene rings is 1. The van der Waals surface area contributed by atoms with Crippen LogP contribution < -0.4 is 0 Å². The van der Waals surface area contributed by atoms with E-state index in [4.69, 9.17) is 0 Å². The van der Waals surface area contributed by atoms with Crippen LogP contribution in [0.2, 0.25) is 0 Å². The van der Waals surface area contributed by atoms with E-state index in [1.165, 1.54) is 25.0 Å². The predicted molar refractivity (Wildman–Crippen MR) is 115 cm³/mol. The third-order valence-corrected chi connectivity index (χ3v) is 7.28. The lowest BCUT2D eigenvalue weighted by atomic mass is 9.92. The zero-order valence-electron chi connectivity index (χ0n) is 18.1. The van der Waals surface area contributed by atoms with E-state index in [-0.39, 0.29) is 17.8 Å². The lowest BCUT2D eigenvalue weighted by Crippen LogP contribution is -2.59. The molecule has 6 heteroatoms. The second-order valence-electron chi connectivity index (χ2n) is 9.33. The molecule has 3 fully saturated rings. The average Bonchev–Trinajstić information content (AvgIpc) is 3.29. The second-order valence-corrected chi connectivity index (χ2v) is 9.33. The maximum Gasteiger partial charge on any atom is 0.253 e. The van der Waals surface area contributed by atoms with Crippen molar-refractivity contribution in [2.75, 3.05) is 39.3 Å². The number of piperazine rings is 1. The summed E-state index contributed by atoms with van der Waals surface area (Å²) in [6, 6.07) is 5.72. The molecule has 0 aromatic heterocycles. The highest BCUT2D eigenvalue weighted by molar-refractivity contribution is 5.94. The minimum Gasteiger partial charge on any atom is -0.341 e. The van der Waals surface area contributed by atoms with Crippen LogP contribution in [0.15, 0.2) is 24.3 Å². The van der Waals surface area contributed by atoms with Gasteiger partial charge in [0.25, 0.3) is 5.91 Å². The lowest BCUT2D eigenvalue weighted by molar-refractivity contribution is -0.141. The fraction of sp³-hybridized carbons (Fsp3) is 0.667. The summed E-state index contributed by atoms with van der Waals surface area (Å²) in [5.41, 5.74) is 0.524. The van der Waals surface area contributed by atoms with Gasteiger partial charge in [-0.25, -0.2) is 4.39 Å². The molecular formula is C24H34FN3O2. The Bertz CT molecular complexity index is 731. The Hall–Kier alpha value is -1.95. The molecule has 0 N–H and O–H groups in total. The minimum absolute atomic E-state index is 0.0380. The van der Waals surface area contributed by atoms with Gasteiger partial charge in [0.1, 0.15) is 5.82 Å². The van der Waals surface area contributed by atoms with Gasteiger partial charge in [-0.1, -0.05) is 19.8 Å². The molecule has 2 amide bonds. The maximum atomic E-state index is 13.5. The molecule has 2 heterocycles. The summed E-state index contributed by atoms with van der Waals surface area (Å²) < 4.78 is 13.2. The van der Waals surface area contributed by atoms with Gasteiger partial charge in [0, 0.05) is 44.8 Å². The summed E-state index contributed by atoms with van der Waals surface area (Å²) in [7, 11) is 0. The van der Waals surface area contributed by atoms with Gasteiger partial charge in [0.05, 0.1) is 6.04 Å². The van der Waals surface area contributed by atoms with Crippen molar-refractivity contribution in [3.8, 4) is 0 Å². The lowest BCUT2D eigenvalue weighted by Gasteiger charge is -2.43. The van der Waals surface area contributed by atoms with Crippen LogP contribution >= 0.6 is 0 Å². The Balaban J connectivity index is 1.41. The topological polar surface area (TPSA) is 43.9 Å². The standard InChI is InChI=1S/C24H34FN3O2/c1-18-10-12-27(13-11-18)24(30)22(19-4-2-3-5-19)26-14-16-28(17-15-26)23(29)20-6-8-21(25)9-7-20/h6-9,18-19,22H,2-5,10-17H2,1H3/t22-/m0/s1. The highest BCUT2D eigenvalue weighted by Crippen LogP contribution is 2.33. The molecule has 164 valence electrons. The molecular weight excluding hydrogens is 381 g/mol. The zero-order valence-corrected chi connectivity index (χ0v) is 18.1. The molecule has 2 saturated heterocycles. The van der Waals surface area contributed by atoms with Crippen molar-refractivity contribution in [3.05, 3.63) is 35.6 Å². The minimum atomic E-state index is -0.332. The van der Waals surface area contributed by atoms with Gasteiger partial charge in [-0.3, -0.25) is 14.5 Å².